The van der Waals surface area contributed by atoms with E-state index in [4.69, 9.17) is 33.3 Å². The molecular formula is C18H24ClN3O3S. The molecule has 0 unspecified atom stereocenters. The first-order valence-corrected chi connectivity index (χ1v) is 9.79. The Labute approximate surface area is 163 Å². The second-order valence-corrected chi connectivity index (χ2v) is 7.57. The molecule has 2 aliphatic rings. The fourth-order valence-electron chi connectivity index (χ4n) is 3.28. The van der Waals surface area contributed by atoms with Gasteiger partial charge in [-0.15, -0.1) is 0 Å². The van der Waals surface area contributed by atoms with Crippen LogP contribution in [-0.4, -0.2) is 30.3 Å². The monoisotopic (exact) mass is 397 g/mol. The quantitative estimate of drug-likeness (QED) is 0.526. The largest absolute Gasteiger partial charge is 0.489 e. The third-order valence-corrected chi connectivity index (χ3v) is 5.28. The third-order valence-electron chi connectivity index (χ3n) is 4.78. The van der Waals surface area contributed by atoms with Gasteiger partial charge >= 0.3 is 0 Å². The van der Waals surface area contributed by atoms with E-state index in [1.54, 1.807) is 12.1 Å². The third kappa shape index (κ3) is 4.71. The molecule has 0 radical (unpaired) electrons. The molecule has 0 aromatic heterocycles. The molecule has 3 rings (SSSR count). The zero-order valence-corrected chi connectivity index (χ0v) is 16.3. The Morgan fingerprint density at radius 1 is 1.15 bits per heavy atom. The second kappa shape index (κ2) is 8.77. The maximum absolute atomic E-state index is 12.4. The molecule has 1 aromatic carbocycles. The number of rotatable bonds is 2. The van der Waals surface area contributed by atoms with Crippen molar-refractivity contribution in [1.82, 2.24) is 16.2 Å². The van der Waals surface area contributed by atoms with Gasteiger partial charge in [0.05, 0.1) is 18.2 Å². The summed E-state index contributed by atoms with van der Waals surface area (Å²) in [4.78, 5) is 12.4. The molecule has 2 atom stereocenters. The fourth-order valence-corrected chi connectivity index (χ4v) is 3.75. The van der Waals surface area contributed by atoms with E-state index in [1.807, 2.05) is 0 Å². The fraction of sp³-hybridized carbons (Fsp3) is 0.556. The van der Waals surface area contributed by atoms with Crippen LogP contribution in [0.4, 0.5) is 0 Å². The lowest BCUT2D eigenvalue weighted by Gasteiger charge is -2.30. The van der Waals surface area contributed by atoms with E-state index in [0.29, 0.717) is 52.4 Å². The summed E-state index contributed by atoms with van der Waals surface area (Å²) in [7, 11) is 0. The van der Waals surface area contributed by atoms with E-state index >= 15 is 0 Å². The number of halogens is 1. The first-order valence-electron chi connectivity index (χ1n) is 9.00. The number of amides is 1. The molecule has 1 aromatic rings. The Bertz CT molecular complexity index is 686. The van der Waals surface area contributed by atoms with E-state index in [0.717, 1.165) is 12.8 Å². The van der Waals surface area contributed by atoms with Gasteiger partial charge in [0.25, 0.3) is 5.91 Å². The lowest BCUT2D eigenvalue weighted by molar-refractivity contribution is 0.0943. The summed E-state index contributed by atoms with van der Waals surface area (Å²) in [5, 5.41) is 4.05. The van der Waals surface area contributed by atoms with Crippen molar-refractivity contribution in [3.63, 3.8) is 0 Å². The summed E-state index contributed by atoms with van der Waals surface area (Å²) in [6.07, 6.45) is 5.53. The summed E-state index contributed by atoms with van der Waals surface area (Å²) in [6, 6.07) is 3.53. The zero-order valence-electron chi connectivity index (χ0n) is 14.8. The minimum Gasteiger partial charge on any atom is -0.489 e. The van der Waals surface area contributed by atoms with Crippen LogP contribution >= 0.6 is 23.8 Å². The molecule has 142 valence electrons. The van der Waals surface area contributed by atoms with Crippen LogP contribution in [0.2, 0.25) is 5.02 Å². The molecule has 3 N–H and O–H groups in total. The van der Waals surface area contributed by atoms with Crippen LogP contribution in [0, 0.1) is 5.92 Å². The Morgan fingerprint density at radius 2 is 1.92 bits per heavy atom. The van der Waals surface area contributed by atoms with Gasteiger partial charge in [-0.2, -0.15) is 0 Å². The highest BCUT2D eigenvalue weighted by atomic mass is 35.5. The van der Waals surface area contributed by atoms with Crippen LogP contribution in [0.25, 0.3) is 0 Å². The number of carbonyl (C=O) groups excluding carboxylic acids is 1. The maximum atomic E-state index is 12.4. The van der Waals surface area contributed by atoms with Crippen molar-refractivity contribution in [2.45, 2.75) is 45.1 Å². The number of hydrazine groups is 1. The van der Waals surface area contributed by atoms with Crippen molar-refractivity contribution in [3.05, 3.63) is 22.7 Å². The highest BCUT2D eigenvalue weighted by molar-refractivity contribution is 7.80. The lowest BCUT2D eigenvalue weighted by atomic mass is 9.86. The predicted molar refractivity (Wildman–Crippen MR) is 105 cm³/mol. The zero-order chi connectivity index (χ0) is 18.5. The number of carbonyl (C=O) groups is 1. The average molecular weight is 398 g/mol. The molecule has 1 aliphatic carbocycles. The molecule has 0 saturated heterocycles. The minimum absolute atomic E-state index is 0.341. The lowest BCUT2D eigenvalue weighted by Crippen LogP contribution is -2.51. The summed E-state index contributed by atoms with van der Waals surface area (Å²) in [5.41, 5.74) is 5.75. The highest BCUT2D eigenvalue weighted by Gasteiger charge is 2.22. The molecule has 6 nitrogen and oxygen atoms in total. The van der Waals surface area contributed by atoms with Gasteiger partial charge in [-0.25, -0.2) is 0 Å². The van der Waals surface area contributed by atoms with E-state index in [2.05, 4.69) is 23.1 Å². The van der Waals surface area contributed by atoms with Gasteiger partial charge in [-0.3, -0.25) is 15.6 Å². The number of hydrogen-bond acceptors (Lipinski definition) is 4. The Balaban J connectivity index is 1.57. The van der Waals surface area contributed by atoms with Gasteiger partial charge in [-0.05, 0) is 43.1 Å². The van der Waals surface area contributed by atoms with Gasteiger partial charge in [0.2, 0.25) is 0 Å². The molecule has 1 saturated carbocycles. The van der Waals surface area contributed by atoms with Crippen molar-refractivity contribution in [2.24, 2.45) is 5.92 Å². The number of ether oxygens (including phenoxy) is 2. The smallest absolute Gasteiger partial charge is 0.269 e. The van der Waals surface area contributed by atoms with E-state index < -0.39 is 0 Å². The van der Waals surface area contributed by atoms with Crippen LogP contribution < -0.4 is 25.6 Å². The van der Waals surface area contributed by atoms with Crippen molar-refractivity contribution < 1.29 is 14.3 Å². The van der Waals surface area contributed by atoms with Crippen molar-refractivity contribution in [1.29, 1.82) is 0 Å². The van der Waals surface area contributed by atoms with E-state index in [-0.39, 0.29) is 5.91 Å². The molecule has 8 heteroatoms. The Kier molecular flexibility index (Phi) is 6.43. The van der Waals surface area contributed by atoms with Gasteiger partial charge in [-0.1, -0.05) is 31.4 Å². The number of thiocarbonyl (C=S) groups is 1. The molecule has 1 aliphatic heterocycles. The molecule has 0 bridgehead atoms. The van der Waals surface area contributed by atoms with Gasteiger partial charge in [0, 0.05) is 18.0 Å². The van der Waals surface area contributed by atoms with Crippen LogP contribution in [-0.2, 0) is 0 Å². The summed E-state index contributed by atoms with van der Waals surface area (Å²) in [5.74, 6) is 1.19. The highest BCUT2D eigenvalue weighted by Crippen LogP contribution is 2.37. The summed E-state index contributed by atoms with van der Waals surface area (Å²) < 4.78 is 11.2. The van der Waals surface area contributed by atoms with Gasteiger partial charge < -0.3 is 14.8 Å². The molecule has 0 spiro atoms. The minimum atomic E-state index is -0.344. The van der Waals surface area contributed by atoms with Crippen LogP contribution in [0.3, 0.4) is 0 Å². The maximum Gasteiger partial charge on any atom is 0.269 e. The van der Waals surface area contributed by atoms with Gasteiger partial charge in [0.1, 0.15) is 0 Å². The number of hydrogen-bond donors (Lipinski definition) is 3. The van der Waals surface area contributed by atoms with Gasteiger partial charge in [0.15, 0.2) is 16.6 Å². The molecule has 1 amide bonds. The molecule has 1 heterocycles. The predicted octanol–water partition coefficient (Wildman–Crippen LogP) is 3.19. The van der Waals surface area contributed by atoms with Crippen molar-refractivity contribution in [2.75, 3.05) is 13.2 Å². The van der Waals surface area contributed by atoms with Crippen LogP contribution in [0.15, 0.2) is 12.1 Å². The molecule has 26 heavy (non-hydrogen) atoms. The summed E-state index contributed by atoms with van der Waals surface area (Å²) >= 11 is 11.5. The van der Waals surface area contributed by atoms with E-state index in [1.165, 1.54) is 19.3 Å². The summed E-state index contributed by atoms with van der Waals surface area (Å²) in [6.45, 7) is 3.29. The first kappa shape index (κ1) is 19.0. The van der Waals surface area contributed by atoms with Crippen molar-refractivity contribution >= 4 is 34.8 Å². The number of benzene rings is 1. The van der Waals surface area contributed by atoms with Crippen LogP contribution in [0.1, 0.15) is 49.4 Å². The Morgan fingerprint density at radius 3 is 2.73 bits per heavy atom. The number of nitrogens with one attached hydrogen (secondary N) is 3. The Hall–Kier alpha value is -1.73. The normalized spacial score (nSPS) is 22.1. The SMILES string of the molecule is C[C@H]1CCCC[C@H]1NC(=S)NNC(=O)c1cc(Cl)c2c(c1)OCCCO2. The standard InChI is InChI=1S/C18H24ClN3O3S/c1-11-5-2-3-6-14(11)20-18(26)22-21-17(23)12-9-13(19)16-15(10-12)24-7-4-8-25-16/h9-11,14H,2-8H2,1H3,(H,21,23)(H2,20,22,26)/t11-,14+/m0/s1. The van der Waals surface area contributed by atoms with E-state index in [9.17, 15) is 4.79 Å². The second-order valence-electron chi connectivity index (χ2n) is 6.76. The number of fused-ring (bicyclic) bond motifs is 1. The topological polar surface area (TPSA) is 71.6 Å². The van der Waals surface area contributed by atoms with Crippen molar-refractivity contribution in [3.8, 4) is 11.5 Å². The first-order chi connectivity index (χ1) is 12.5. The average Bonchev–Trinajstić information content (AvgIpc) is 2.87. The molecular weight excluding hydrogens is 374 g/mol. The van der Waals surface area contributed by atoms with Crippen LogP contribution in [0.5, 0.6) is 11.5 Å². The molecule has 1 fully saturated rings.